The third-order valence-electron chi connectivity index (χ3n) is 6.72. The first-order chi connectivity index (χ1) is 17.4. The van der Waals surface area contributed by atoms with Crippen LogP contribution in [-0.4, -0.2) is 42.5 Å². The molecule has 0 unspecified atom stereocenters. The summed E-state index contributed by atoms with van der Waals surface area (Å²) in [5, 5.41) is 15.7. The number of piperidine rings is 1. The molecular weight excluding hydrogens is 455 g/mol. The van der Waals surface area contributed by atoms with Gasteiger partial charge in [0.2, 0.25) is 0 Å². The number of nitrogens with two attached hydrogens (primary N) is 1. The fraction of sp³-hybridized carbons (Fsp3) is 0.241. The van der Waals surface area contributed by atoms with E-state index in [4.69, 9.17) is 15.6 Å². The fourth-order valence-electron chi connectivity index (χ4n) is 4.92. The molecule has 7 heteroatoms. The van der Waals surface area contributed by atoms with Crippen LogP contribution in [0.25, 0.3) is 33.2 Å². The van der Waals surface area contributed by atoms with Crippen LogP contribution in [-0.2, 0) is 4.84 Å². The van der Waals surface area contributed by atoms with Crippen LogP contribution in [0.4, 0.5) is 10.1 Å². The normalized spacial score (nSPS) is 14.6. The van der Waals surface area contributed by atoms with Crippen LogP contribution in [0, 0.1) is 12.7 Å². The number of phenolic OH excluding ortho intramolecular Hbond substituents is 1. The number of aromatic hydroxyl groups is 1. The van der Waals surface area contributed by atoms with Crippen LogP contribution in [0.1, 0.15) is 24.0 Å². The van der Waals surface area contributed by atoms with Crippen LogP contribution in [0.2, 0.25) is 0 Å². The summed E-state index contributed by atoms with van der Waals surface area (Å²) < 4.78 is 14.4. The Morgan fingerprint density at radius 3 is 2.64 bits per heavy atom. The molecule has 1 fully saturated rings. The van der Waals surface area contributed by atoms with Gasteiger partial charge in [-0.3, -0.25) is 4.98 Å². The molecule has 3 N–H and O–H groups in total. The molecule has 0 amide bonds. The quantitative estimate of drug-likeness (QED) is 0.283. The summed E-state index contributed by atoms with van der Waals surface area (Å²) in [6.07, 6.45) is 5.08. The van der Waals surface area contributed by atoms with E-state index < -0.39 is 0 Å². The summed E-state index contributed by atoms with van der Waals surface area (Å²) in [5.41, 5.74) is 12.6. The largest absolute Gasteiger partial charge is 0.507 e. The number of oxime groups is 1. The van der Waals surface area contributed by atoms with Gasteiger partial charge >= 0.3 is 0 Å². The molecular formula is C29H29FN4O2. The lowest BCUT2D eigenvalue weighted by molar-refractivity contribution is 0.215. The van der Waals surface area contributed by atoms with Gasteiger partial charge in [-0.1, -0.05) is 29.4 Å². The Hall–Kier alpha value is -3.97. The van der Waals surface area contributed by atoms with Crippen LogP contribution >= 0.6 is 0 Å². The SMILES string of the molecule is CON=Cc1cccc(-c2ccc3ncc(-c4cc(C)cc(F)c4)c(N4CCC(N)CC4)c3c2)c1O. The Bertz CT molecular complexity index is 1420. The number of halogens is 1. The van der Waals surface area contributed by atoms with Crippen molar-refractivity contribution in [3.8, 4) is 28.0 Å². The lowest BCUT2D eigenvalue weighted by Crippen LogP contribution is -2.40. The molecule has 0 spiro atoms. The Kier molecular flexibility index (Phi) is 6.57. The third kappa shape index (κ3) is 4.62. The molecule has 4 aromatic rings. The first-order valence-electron chi connectivity index (χ1n) is 12.0. The van der Waals surface area contributed by atoms with Crippen LogP contribution in [0.3, 0.4) is 0 Å². The van der Waals surface area contributed by atoms with Gasteiger partial charge in [-0.05, 0) is 66.8 Å². The van der Waals surface area contributed by atoms with Crippen LogP contribution in [0.5, 0.6) is 5.75 Å². The van der Waals surface area contributed by atoms with E-state index in [-0.39, 0.29) is 17.6 Å². The summed E-state index contributed by atoms with van der Waals surface area (Å²) in [7, 11) is 1.46. The molecule has 6 nitrogen and oxygen atoms in total. The molecule has 3 aromatic carbocycles. The van der Waals surface area contributed by atoms with E-state index in [1.807, 2.05) is 49.5 Å². The van der Waals surface area contributed by atoms with Gasteiger partial charge < -0.3 is 20.6 Å². The number of phenols is 1. The van der Waals surface area contributed by atoms with Crippen LogP contribution in [0.15, 0.2) is 65.9 Å². The van der Waals surface area contributed by atoms with Crippen molar-refractivity contribution < 1.29 is 14.3 Å². The van der Waals surface area contributed by atoms with Gasteiger partial charge in [-0.2, -0.15) is 0 Å². The van der Waals surface area contributed by atoms with Crippen molar-refractivity contribution in [3.05, 3.63) is 77.7 Å². The van der Waals surface area contributed by atoms with Gasteiger partial charge in [0, 0.05) is 47.4 Å². The Balaban J connectivity index is 1.72. The molecule has 1 saturated heterocycles. The smallest absolute Gasteiger partial charge is 0.132 e. The molecule has 5 rings (SSSR count). The zero-order valence-electron chi connectivity index (χ0n) is 20.4. The molecule has 0 atom stereocenters. The number of fused-ring (bicyclic) bond motifs is 1. The van der Waals surface area contributed by atoms with Crippen molar-refractivity contribution in [2.45, 2.75) is 25.8 Å². The second-order valence-electron chi connectivity index (χ2n) is 9.25. The minimum atomic E-state index is -0.273. The maximum Gasteiger partial charge on any atom is 0.132 e. The molecule has 36 heavy (non-hydrogen) atoms. The topological polar surface area (TPSA) is 84.0 Å². The van der Waals surface area contributed by atoms with Crippen LogP contribution < -0.4 is 10.6 Å². The lowest BCUT2D eigenvalue weighted by atomic mass is 9.95. The molecule has 0 aliphatic carbocycles. The summed E-state index contributed by atoms with van der Waals surface area (Å²) in [6.45, 7) is 3.50. The molecule has 0 saturated carbocycles. The van der Waals surface area contributed by atoms with Gasteiger partial charge in [0.1, 0.15) is 18.7 Å². The Morgan fingerprint density at radius 1 is 1.08 bits per heavy atom. The van der Waals surface area contributed by atoms with Crippen molar-refractivity contribution in [1.29, 1.82) is 0 Å². The van der Waals surface area contributed by atoms with Gasteiger partial charge in [0.15, 0.2) is 0 Å². The zero-order valence-corrected chi connectivity index (χ0v) is 20.4. The van der Waals surface area contributed by atoms with Crippen molar-refractivity contribution in [2.75, 3.05) is 25.1 Å². The van der Waals surface area contributed by atoms with Crippen molar-refractivity contribution in [2.24, 2.45) is 10.9 Å². The average molecular weight is 485 g/mol. The van der Waals surface area contributed by atoms with E-state index in [0.29, 0.717) is 11.1 Å². The highest BCUT2D eigenvalue weighted by Gasteiger charge is 2.23. The predicted octanol–water partition coefficient (Wildman–Crippen LogP) is 5.63. The first kappa shape index (κ1) is 23.8. The minimum absolute atomic E-state index is 0.119. The summed E-state index contributed by atoms with van der Waals surface area (Å²) in [5.74, 6) is -0.155. The summed E-state index contributed by atoms with van der Waals surface area (Å²) >= 11 is 0. The third-order valence-corrected chi connectivity index (χ3v) is 6.72. The second kappa shape index (κ2) is 9.95. The number of rotatable bonds is 5. The summed E-state index contributed by atoms with van der Waals surface area (Å²) in [6, 6.07) is 16.7. The summed E-state index contributed by atoms with van der Waals surface area (Å²) in [4.78, 5) is 11.8. The molecule has 2 heterocycles. The van der Waals surface area contributed by atoms with E-state index in [1.54, 1.807) is 12.1 Å². The highest BCUT2D eigenvalue weighted by atomic mass is 19.1. The molecule has 1 aliphatic heterocycles. The monoisotopic (exact) mass is 484 g/mol. The van der Waals surface area contributed by atoms with Crippen molar-refractivity contribution >= 4 is 22.8 Å². The lowest BCUT2D eigenvalue weighted by Gasteiger charge is -2.34. The standard InChI is InChI=1S/C29H29FN4O2/c1-18-12-21(14-22(30)13-18)26-17-32-27-7-6-19(24-5-3-4-20(29(24)35)16-33-36-2)15-25(27)28(26)34-10-8-23(31)9-11-34/h3-7,12-17,23,35H,8-11,31H2,1-2H3. The highest BCUT2D eigenvalue weighted by molar-refractivity contribution is 6.02. The number of benzene rings is 3. The van der Waals surface area contributed by atoms with Gasteiger partial charge in [-0.15, -0.1) is 0 Å². The van der Waals surface area contributed by atoms with E-state index in [2.05, 4.69) is 10.1 Å². The predicted molar refractivity (Wildman–Crippen MR) is 143 cm³/mol. The van der Waals surface area contributed by atoms with E-state index >= 15 is 0 Å². The molecule has 0 bridgehead atoms. The number of aryl methyl sites for hydroxylation is 1. The number of anilines is 1. The van der Waals surface area contributed by atoms with E-state index in [1.165, 1.54) is 19.4 Å². The molecule has 1 aromatic heterocycles. The molecule has 184 valence electrons. The number of aromatic nitrogens is 1. The van der Waals surface area contributed by atoms with Gasteiger partial charge in [0.25, 0.3) is 0 Å². The van der Waals surface area contributed by atoms with Gasteiger partial charge in [-0.25, -0.2) is 4.39 Å². The van der Waals surface area contributed by atoms with Gasteiger partial charge in [0.05, 0.1) is 17.4 Å². The molecule has 0 radical (unpaired) electrons. The van der Waals surface area contributed by atoms with E-state index in [9.17, 15) is 9.50 Å². The van der Waals surface area contributed by atoms with Crippen molar-refractivity contribution in [3.63, 3.8) is 0 Å². The van der Waals surface area contributed by atoms with Crippen molar-refractivity contribution in [1.82, 2.24) is 4.98 Å². The number of pyridine rings is 1. The average Bonchev–Trinajstić information content (AvgIpc) is 2.87. The number of hydrogen-bond donors (Lipinski definition) is 2. The minimum Gasteiger partial charge on any atom is -0.507 e. The Labute approximate surface area is 209 Å². The highest BCUT2D eigenvalue weighted by Crippen LogP contribution is 2.41. The van der Waals surface area contributed by atoms with E-state index in [0.717, 1.165) is 64.8 Å². The number of hydrogen-bond acceptors (Lipinski definition) is 6. The molecule has 1 aliphatic rings. The maximum atomic E-state index is 14.4. The fourth-order valence-corrected chi connectivity index (χ4v) is 4.92. The maximum absolute atomic E-state index is 14.4. The zero-order chi connectivity index (χ0) is 25.2. The first-order valence-corrected chi connectivity index (χ1v) is 12.0. The number of nitrogens with zero attached hydrogens (tertiary/aromatic N) is 3. The Morgan fingerprint density at radius 2 is 1.89 bits per heavy atom. The second-order valence-corrected chi connectivity index (χ2v) is 9.25. The number of para-hydroxylation sites is 1.